The minimum absolute atomic E-state index is 0.192. The largest absolute Gasteiger partial charge is 0.379 e. The Hall–Kier alpha value is -2.93. The Morgan fingerprint density at radius 2 is 1.84 bits per heavy atom. The van der Waals surface area contributed by atoms with Gasteiger partial charge in [-0.1, -0.05) is 40.9 Å². The molecule has 1 fully saturated rings. The molecule has 38 heavy (non-hydrogen) atoms. The summed E-state index contributed by atoms with van der Waals surface area (Å²) in [6.45, 7) is 13.9. The number of rotatable bonds is 9. The fourth-order valence-electron chi connectivity index (χ4n) is 5.02. The van der Waals surface area contributed by atoms with Gasteiger partial charge < -0.3 is 14.6 Å². The molecule has 1 aliphatic heterocycles. The van der Waals surface area contributed by atoms with Crippen LogP contribution in [-0.2, 0) is 22.5 Å². The number of benzene rings is 2. The first kappa shape index (κ1) is 28.1. The van der Waals surface area contributed by atoms with Crippen molar-refractivity contribution in [3.8, 4) is 11.1 Å². The summed E-state index contributed by atoms with van der Waals surface area (Å²) in [4.78, 5) is 13.0. The third kappa shape index (κ3) is 6.37. The minimum atomic E-state index is -0.192. The van der Waals surface area contributed by atoms with E-state index in [2.05, 4.69) is 47.7 Å². The van der Waals surface area contributed by atoms with E-state index in [-0.39, 0.29) is 11.9 Å². The molecule has 3 aromatic rings. The zero-order valence-electron chi connectivity index (χ0n) is 22.9. The highest BCUT2D eigenvalue weighted by molar-refractivity contribution is 6.36. The van der Waals surface area contributed by atoms with Crippen molar-refractivity contribution in [3.05, 3.63) is 81.4 Å². The molecule has 2 aromatic carbocycles. The smallest absolute Gasteiger partial charge is 0.211 e. The minimum Gasteiger partial charge on any atom is -0.379 e. The number of hydrogen-bond acceptors (Lipinski definition) is 3. The lowest BCUT2D eigenvalue weighted by atomic mass is 9.94. The molecule has 202 valence electrons. The maximum Gasteiger partial charge on any atom is 0.211 e. The van der Waals surface area contributed by atoms with Crippen molar-refractivity contribution in [1.82, 2.24) is 14.8 Å². The van der Waals surface area contributed by atoms with Gasteiger partial charge in [0.25, 0.3) is 0 Å². The Morgan fingerprint density at radius 1 is 1.11 bits per heavy atom. The van der Waals surface area contributed by atoms with E-state index in [0.717, 1.165) is 57.5 Å². The number of amides is 1. The molecule has 7 heteroatoms. The first-order valence-electron chi connectivity index (χ1n) is 13.1. The maximum atomic E-state index is 15.3. The number of carbonyl (C=O) groups excluding carboxylic acids is 1. The Labute approximate surface area is 229 Å². The molecule has 1 saturated heterocycles. The second-order valence-electron chi connectivity index (χ2n) is 10.4. The number of morpholine rings is 1. The van der Waals surface area contributed by atoms with Crippen molar-refractivity contribution in [2.24, 2.45) is 0 Å². The van der Waals surface area contributed by atoms with Gasteiger partial charge in [0.05, 0.1) is 23.8 Å². The fraction of sp³-hybridized carbons (Fsp3) is 0.387. The van der Waals surface area contributed by atoms with Crippen LogP contribution in [-0.4, -0.2) is 42.2 Å². The Morgan fingerprint density at radius 3 is 2.50 bits per heavy atom. The number of aromatic nitrogens is 1. The summed E-state index contributed by atoms with van der Waals surface area (Å²) >= 11 is 6.78. The lowest BCUT2D eigenvalue weighted by molar-refractivity contribution is -0.108. The van der Waals surface area contributed by atoms with E-state index >= 15 is 4.39 Å². The van der Waals surface area contributed by atoms with E-state index < -0.39 is 0 Å². The van der Waals surface area contributed by atoms with Gasteiger partial charge in [-0.3, -0.25) is 9.69 Å². The quantitative estimate of drug-likeness (QED) is 0.235. The van der Waals surface area contributed by atoms with Crippen molar-refractivity contribution in [1.29, 1.82) is 0 Å². The molecule has 0 saturated carbocycles. The lowest BCUT2D eigenvalue weighted by Gasteiger charge is -2.26. The monoisotopic (exact) mass is 537 g/mol. The van der Waals surface area contributed by atoms with E-state index in [9.17, 15) is 4.79 Å². The van der Waals surface area contributed by atoms with Gasteiger partial charge in [0.2, 0.25) is 6.41 Å². The zero-order chi connectivity index (χ0) is 27.4. The van der Waals surface area contributed by atoms with Gasteiger partial charge in [-0.25, -0.2) is 4.39 Å². The van der Waals surface area contributed by atoms with Crippen LogP contribution in [0.2, 0.25) is 5.02 Å². The summed E-state index contributed by atoms with van der Waals surface area (Å²) in [6.07, 6.45) is 5.32. The Bertz CT molecular complexity index is 1380. The van der Waals surface area contributed by atoms with E-state index in [1.54, 1.807) is 6.07 Å². The third-order valence-corrected chi connectivity index (χ3v) is 7.54. The van der Waals surface area contributed by atoms with Crippen LogP contribution >= 0.6 is 11.6 Å². The standard InChI is InChI=1S/C31H37ClFN3O2/c1-20(2)36-18-28(32)31-27(13-22(4)21(3)12-23(5)34-19-37)14-26(16-30(31)36)24-6-7-25(29(33)15-24)17-35-8-10-38-11-9-35/h6-7,12,14-16,18-20H,8-11,13,17H2,1-5H3,(H,34,37)/b22-21+,23-12-. The van der Waals surface area contributed by atoms with Gasteiger partial charge in [0.15, 0.2) is 0 Å². The molecule has 0 atom stereocenters. The Balaban J connectivity index is 1.76. The van der Waals surface area contributed by atoms with E-state index in [1.807, 2.05) is 38.3 Å². The van der Waals surface area contributed by atoms with E-state index in [4.69, 9.17) is 16.3 Å². The van der Waals surface area contributed by atoms with Crippen molar-refractivity contribution >= 4 is 28.9 Å². The second-order valence-corrected chi connectivity index (χ2v) is 10.8. The highest BCUT2D eigenvalue weighted by Gasteiger charge is 2.18. The van der Waals surface area contributed by atoms with Crippen molar-refractivity contribution in [2.75, 3.05) is 26.3 Å². The van der Waals surface area contributed by atoms with Gasteiger partial charge in [-0.2, -0.15) is 0 Å². The number of nitrogens with zero attached hydrogens (tertiary/aromatic N) is 2. The third-order valence-electron chi connectivity index (χ3n) is 7.26. The molecule has 1 amide bonds. The fourth-order valence-corrected chi connectivity index (χ4v) is 5.34. The summed E-state index contributed by atoms with van der Waals surface area (Å²) in [5.74, 6) is -0.192. The van der Waals surface area contributed by atoms with Crippen LogP contribution in [0, 0.1) is 5.82 Å². The number of nitrogens with one attached hydrogen (secondary N) is 1. The number of halogens is 2. The molecule has 1 aliphatic rings. The van der Waals surface area contributed by atoms with Crippen LogP contribution in [0.25, 0.3) is 22.0 Å². The SMILES string of the molecule is C/C(=C/C(C)=C(\C)Cc1cc(-c2ccc(CN3CCOCC3)c(F)c2)cc2c1c(Cl)cn2C(C)C)NC=O. The highest BCUT2D eigenvalue weighted by Crippen LogP contribution is 2.37. The summed E-state index contributed by atoms with van der Waals surface area (Å²) < 4.78 is 22.9. The average molecular weight is 538 g/mol. The molecule has 0 radical (unpaired) electrons. The van der Waals surface area contributed by atoms with Crippen LogP contribution in [0.4, 0.5) is 4.39 Å². The summed E-state index contributed by atoms with van der Waals surface area (Å²) in [7, 11) is 0. The predicted octanol–water partition coefficient (Wildman–Crippen LogP) is 7.04. The van der Waals surface area contributed by atoms with Crippen LogP contribution in [0.15, 0.2) is 59.4 Å². The molecule has 5 nitrogen and oxygen atoms in total. The van der Waals surface area contributed by atoms with E-state index in [1.165, 1.54) is 0 Å². The van der Waals surface area contributed by atoms with Crippen molar-refractivity contribution < 1.29 is 13.9 Å². The van der Waals surface area contributed by atoms with Crippen LogP contribution in [0.5, 0.6) is 0 Å². The maximum absolute atomic E-state index is 15.3. The Kier molecular flexibility index (Phi) is 9.08. The number of fused-ring (bicyclic) bond motifs is 1. The number of carbonyl (C=O) groups is 1. The van der Waals surface area contributed by atoms with E-state index in [0.29, 0.717) is 43.2 Å². The first-order valence-corrected chi connectivity index (χ1v) is 13.5. The van der Waals surface area contributed by atoms with Crippen LogP contribution < -0.4 is 5.32 Å². The van der Waals surface area contributed by atoms with Gasteiger partial charge >= 0.3 is 0 Å². The number of allylic oxidation sites excluding steroid dienone is 4. The number of hydrogen-bond donors (Lipinski definition) is 1. The molecule has 0 aliphatic carbocycles. The van der Waals surface area contributed by atoms with Crippen LogP contribution in [0.3, 0.4) is 0 Å². The molecule has 2 heterocycles. The van der Waals surface area contributed by atoms with Crippen LogP contribution in [0.1, 0.15) is 51.8 Å². The molecule has 1 N–H and O–H groups in total. The molecule has 1 aromatic heterocycles. The molecule has 0 unspecified atom stereocenters. The highest BCUT2D eigenvalue weighted by atomic mass is 35.5. The van der Waals surface area contributed by atoms with Gasteiger partial charge in [0, 0.05) is 48.5 Å². The van der Waals surface area contributed by atoms with Gasteiger partial charge in [0.1, 0.15) is 5.82 Å². The number of ether oxygens (including phenoxy) is 1. The molecular formula is C31H37ClFN3O2. The van der Waals surface area contributed by atoms with Crippen molar-refractivity contribution in [3.63, 3.8) is 0 Å². The topological polar surface area (TPSA) is 46.5 Å². The molecule has 0 spiro atoms. The summed E-state index contributed by atoms with van der Waals surface area (Å²) in [5, 5.41) is 4.42. The summed E-state index contributed by atoms with van der Waals surface area (Å²) in [5.41, 5.74) is 7.65. The first-order chi connectivity index (χ1) is 18.2. The molecule has 0 bridgehead atoms. The van der Waals surface area contributed by atoms with Crippen molar-refractivity contribution in [2.45, 2.75) is 53.6 Å². The second kappa shape index (κ2) is 12.3. The molecular weight excluding hydrogens is 501 g/mol. The lowest BCUT2D eigenvalue weighted by Crippen LogP contribution is -2.35. The molecule has 4 rings (SSSR count). The zero-order valence-corrected chi connectivity index (χ0v) is 23.7. The average Bonchev–Trinajstić information content (AvgIpc) is 3.22. The predicted molar refractivity (Wildman–Crippen MR) is 154 cm³/mol. The normalized spacial score (nSPS) is 15.7. The summed E-state index contributed by atoms with van der Waals surface area (Å²) in [6, 6.07) is 10.0. The van der Waals surface area contributed by atoms with Gasteiger partial charge in [-0.05, 0) is 75.9 Å². The van der Waals surface area contributed by atoms with Gasteiger partial charge in [-0.15, -0.1) is 0 Å².